The summed E-state index contributed by atoms with van der Waals surface area (Å²) in [6, 6.07) is 10.4. The van der Waals surface area contributed by atoms with Crippen molar-refractivity contribution < 1.29 is 38.0 Å². The lowest BCUT2D eigenvalue weighted by Gasteiger charge is -2.27. The number of Topliss-reactive ketones (excluding diaryl/α,β-unsaturated/α-hetero) is 1. The molecule has 0 spiro atoms. The molecule has 0 aliphatic carbocycles. The molecule has 0 amide bonds. The third-order valence-corrected chi connectivity index (χ3v) is 6.19. The average Bonchev–Trinajstić information content (AvgIpc) is 3.22. The lowest BCUT2D eigenvalue weighted by Crippen LogP contribution is -2.16. The Hall–Kier alpha value is -4.53. The van der Waals surface area contributed by atoms with Gasteiger partial charge in [-0.15, -0.1) is 0 Å². The Morgan fingerprint density at radius 2 is 1.81 bits per heavy atom. The van der Waals surface area contributed by atoms with Gasteiger partial charge in [-0.2, -0.15) is 0 Å². The number of ether oxygens (including phenoxy) is 6. The minimum atomic E-state index is -0.470. The summed E-state index contributed by atoms with van der Waals surface area (Å²) >= 11 is 0. The van der Waals surface area contributed by atoms with Gasteiger partial charge in [0.25, 0.3) is 0 Å². The van der Waals surface area contributed by atoms with Crippen LogP contribution in [0.2, 0.25) is 0 Å². The van der Waals surface area contributed by atoms with Crippen molar-refractivity contribution >= 4 is 17.8 Å². The number of rotatable bonds is 6. The lowest BCUT2D eigenvalue weighted by molar-refractivity contribution is -0.140. The highest BCUT2D eigenvalue weighted by Gasteiger charge is 2.39. The Labute approximate surface area is 207 Å². The number of allylic oxidation sites excluding steroid dienone is 1. The first-order valence-corrected chi connectivity index (χ1v) is 11.1. The third kappa shape index (κ3) is 3.69. The van der Waals surface area contributed by atoms with E-state index in [4.69, 9.17) is 28.4 Å². The summed E-state index contributed by atoms with van der Waals surface area (Å²) < 4.78 is 33.4. The average molecular weight is 489 g/mol. The van der Waals surface area contributed by atoms with E-state index in [1.54, 1.807) is 42.6 Å². The number of pyridine rings is 1. The van der Waals surface area contributed by atoms with Gasteiger partial charge < -0.3 is 28.4 Å². The zero-order valence-electron chi connectivity index (χ0n) is 20.1. The molecule has 0 radical (unpaired) electrons. The third-order valence-electron chi connectivity index (χ3n) is 6.19. The van der Waals surface area contributed by atoms with Gasteiger partial charge in [0.15, 0.2) is 17.3 Å². The zero-order chi connectivity index (χ0) is 25.4. The molecule has 2 aromatic carbocycles. The molecule has 184 valence electrons. The van der Waals surface area contributed by atoms with E-state index in [1.165, 1.54) is 28.4 Å². The van der Waals surface area contributed by atoms with Crippen molar-refractivity contribution in [3.8, 4) is 34.6 Å². The second-order valence-electron chi connectivity index (χ2n) is 8.05. The maximum Gasteiger partial charge on any atom is 0.306 e. The molecule has 9 heteroatoms. The number of benzene rings is 2. The number of carbonyl (C=O) groups excluding carboxylic acids is 2. The van der Waals surface area contributed by atoms with Crippen LogP contribution in [-0.2, 0) is 9.53 Å². The molecule has 0 unspecified atom stereocenters. The molecule has 1 aromatic heterocycles. The fraction of sp³-hybridized carbons (Fsp3) is 0.222. The van der Waals surface area contributed by atoms with Crippen LogP contribution in [0.4, 0.5) is 0 Å². The first-order valence-electron chi connectivity index (χ1n) is 11.1. The van der Waals surface area contributed by atoms with Crippen molar-refractivity contribution in [2.75, 3.05) is 28.4 Å². The number of esters is 1. The molecule has 0 saturated heterocycles. The van der Waals surface area contributed by atoms with Crippen molar-refractivity contribution in [1.82, 2.24) is 4.98 Å². The van der Waals surface area contributed by atoms with Crippen molar-refractivity contribution in [3.63, 3.8) is 0 Å². The number of nitrogens with zero attached hydrogens (tertiary/aromatic N) is 1. The molecule has 36 heavy (non-hydrogen) atoms. The van der Waals surface area contributed by atoms with Crippen molar-refractivity contribution in [2.24, 2.45) is 0 Å². The summed E-state index contributed by atoms with van der Waals surface area (Å²) in [5.74, 6) is 1.39. The molecule has 2 aliphatic heterocycles. The van der Waals surface area contributed by atoms with E-state index < -0.39 is 11.9 Å². The van der Waals surface area contributed by atoms with Gasteiger partial charge in [0.05, 0.1) is 40.4 Å². The summed E-state index contributed by atoms with van der Waals surface area (Å²) in [4.78, 5) is 30.0. The van der Waals surface area contributed by atoms with Gasteiger partial charge in [0.1, 0.15) is 11.5 Å². The highest BCUT2D eigenvalue weighted by molar-refractivity contribution is 6.15. The van der Waals surface area contributed by atoms with Crippen LogP contribution in [-0.4, -0.2) is 45.2 Å². The summed E-state index contributed by atoms with van der Waals surface area (Å²) in [6.07, 6.45) is 3.23. The molecule has 2 aliphatic rings. The Balaban J connectivity index is 1.61. The Bertz CT molecular complexity index is 1410. The smallest absolute Gasteiger partial charge is 0.306 e. The van der Waals surface area contributed by atoms with Gasteiger partial charge in [0, 0.05) is 28.8 Å². The molecule has 3 heterocycles. The fourth-order valence-corrected chi connectivity index (χ4v) is 4.53. The van der Waals surface area contributed by atoms with Crippen LogP contribution in [0.15, 0.2) is 48.4 Å². The zero-order valence-corrected chi connectivity index (χ0v) is 20.1. The van der Waals surface area contributed by atoms with Gasteiger partial charge in [-0.3, -0.25) is 9.59 Å². The molecular weight excluding hydrogens is 466 g/mol. The maximum absolute atomic E-state index is 13.4. The van der Waals surface area contributed by atoms with E-state index in [-0.39, 0.29) is 18.0 Å². The Kier molecular flexibility index (Phi) is 5.97. The molecule has 5 rings (SSSR count). The summed E-state index contributed by atoms with van der Waals surface area (Å²) in [5.41, 5.74) is 2.23. The molecule has 0 bridgehead atoms. The number of ketones is 1. The molecule has 0 fully saturated rings. The number of hydrogen-bond donors (Lipinski definition) is 0. The molecule has 0 saturated carbocycles. The first-order chi connectivity index (χ1) is 17.5. The second kappa shape index (κ2) is 9.26. The number of methoxy groups -OCH3 is 4. The van der Waals surface area contributed by atoms with E-state index in [1.807, 2.05) is 6.07 Å². The monoisotopic (exact) mass is 489 g/mol. The van der Waals surface area contributed by atoms with Crippen molar-refractivity contribution in [2.45, 2.75) is 12.3 Å². The van der Waals surface area contributed by atoms with E-state index in [2.05, 4.69) is 4.98 Å². The van der Waals surface area contributed by atoms with E-state index in [9.17, 15) is 9.59 Å². The maximum atomic E-state index is 13.4. The first kappa shape index (κ1) is 23.2. The SMILES string of the molecule is COC(=O)C[C@@H]1c2cccnc2Oc2ccc3c(c21)O/C(=C\c1ccc(OC)c(OC)c1OC)C3=O. The van der Waals surface area contributed by atoms with Crippen LogP contribution >= 0.6 is 0 Å². The standard InChI is InChI=1S/C27H23NO8/c1-31-19-9-7-14(24(33-3)26(19)34-4)12-20-23(30)16-8-10-18-22(25(16)35-20)17(13-21(29)32-2)15-6-5-11-28-27(15)36-18/h5-12,17H,13H2,1-4H3/b20-12-/t17-/m1/s1. The summed E-state index contributed by atoms with van der Waals surface area (Å²) in [7, 11) is 5.87. The largest absolute Gasteiger partial charge is 0.493 e. The highest BCUT2D eigenvalue weighted by atomic mass is 16.5. The van der Waals surface area contributed by atoms with E-state index in [0.717, 1.165) is 0 Å². The van der Waals surface area contributed by atoms with Crippen LogP contribution < -0.4 is 23.7 Å². The predicted octanol–water partition coefficient (Wildman–Crippen LogP) is 4.52. The number of aromatic nitrogens is 1. The number of carbonyl (C=O) groups is 2. The minimum absolute atomic E-state index is 0.0299. The van der Waals surface area contributed by atoms with Crippen LogP contribution in [0.3, 0.4) is 0 Å². The van der Waals surface area contributed by atoms with Gasteiger partial charge in [-0.05, 0) is 36.4 Å². The van der Waals surface area contributed by atoms with Crippen LogP contribution in [0.5, 0.6) is 34.6 Å². The molecule has 1 atom stereocenters. The van der Waals surface area contributed by atoms with Gasteiger partial charge in [0.2, 0.25) is 17.4 Å². The highest BCUT2D eigenvalue weighted by Crippen LogP contribution is 2.52. The van der Waals surface area contributed by atoms with E-state index in [0.29, 0.717) is 56.9 Å². The van der Waals surface area contributed by atoms with Gasteiger partial charge >= 0.3 is 5.97 Å². The van der Waals surface area contributed by atoms with Crippen molar-refractivity contribution in [3.05, 3.63) is 70.6 Å². The summed E-state index contributed by atoms with van der Waals surface area (Å²) in [6.45, 7) is 0. The molecule has 3 aromatic rings. The fourth-order valence-electron chi connectivity index (χ4n) is 4.53. The topological polar surface area (TPSA) is 102 Å². The number of fused-ring (bicyclic) bond motifs is 4. The molecular formula is C27H23NO8. The quantitative estimate of drug-likeness (QED) is 0.365. The number of hydrogen-bond acceptors (Lipinski definition) is 9. The molecule has 9 nitrogen and oxygen atoms in total. The van der Waals surface area contributed by atoms with E-state index >= 15 is 0 Å². The normalized spacial score (nSPS) is 16.3. The van der Waals surface area contributed by atoms with Crippen LogP contribution in [0, 0.1) is 0 Å². The lowest BCUT2D eigenvalue weighted by atomic mass is 9.85. The second-order valence-corrected chi connectivity index (χ2v) is 8.05. The molecule has 0 N–H and O–H groups in total. The van der Waals surface area contributed by atoms with Crippen LogP contribution in [0.25, 0.3) is 6.08 Å². The van der Waals surface area contributed by atoms with Gasteiger partial charge in [-0.1, -0.05) is 6.07 Å². The summed E-state index contributed by atoms with van der Waals surface area (Å²) in [5, 5.41) is 0. The van der Waals surface area contributed by atoms with Crippen LogP contribution in [0.1, 0.15) is 39.4 Å². The Morgan fingerprint density at radius 1 is 1.00 bits per heavy atom. The predicted molar refractivity (Wildman–Crippen MR) is 128 cm³/mol. The van der Waals surface area contributed by atoms with Crippen molar-refractivity contribution in [1.29, 1.82) is 0 Å². The van der Waals surface area contributed by atoms with Gasteiger partial charge in [-0.25, -0.2) is 4.98 Å². The minimum Gasteiger partial charge on any atom is -0.493 e. The Morgan fingerprint density at radius 3 is 2.53 bits per heavy atom.